The normalized spacial score (nSPS) is 33.8. The predicted molar refractivity (Wildman–Crippen MR) is 58.1 cm³/mol. The lowest BCUT2D eigenvalue weighted by atomic mass is 9.69. The summed E-state index contributed by atoms with van der Waals surface area (Å²) in [6.45, 7) is 4.68. The summed E-state index contributed by atoms with van der Waals surface area (Å²) in [6, 6.07) is 0. The topological polar surface area (TPSA) is 0 Å². The number of alkyl halides is 1. The van der Waals surface area contributed by atoms with Crippen molar-refractivity contribution in [1.82, 2.24) is 0 Å². The zero-order chi connectivity index (χ0) is 9.47. The molecule has 0 nitrogen and oxygen atoms in total. The lowest BCUT2D eigenvalue weighted by Crippen LogP contribution is -2.27. The minimum Gasteiger partial charge on any atom is -0.118 e. The van der Waals surface area contributed by atoms with E-state index in [9.17, 15) is 0 Å². The van der Waals surface area contributed by atoms with Gasteiger partial charge < -0.3 is 0 Å². The average Bonchev–Trinajstić information content (AvgIpc) is 1.75. The molecule has 2 aliphatic rings. The van der Waals surface area contributed by atoms with Crippen LogP contribution in [0.3, 0.4) is 0 Å². The molecule has 0 saturated heterocycles. The van der Waals surface area contributed by atoms with Crippen LogP contribution in [0.15, 0.2) is 11.6 Å². The Balaban J connectivity index is 2.09. The van der Waals surface area contributed by atoms with Gasteiger partial charge in [0.05, 0.1) is 5.38 Å². The zero-order valence-corrected chi connectivity index (χ0v) is 9.40. The van der Waals surface area contributed by atoms with Gasteiger partial charge in [0.2, 0.25) is 0 Å². The van der Waals surface area contributed by atoms with Crippen LogP contribution >= 0.6 is 11.6 Å². The second kappa shape index (κ2) is 3.31. The summed E-state index contributed by atoms with van der Waals surface area (Å²) in [4.78, 5) is 0. The molecule has 0 amide bonds. The standard InChI is InChI=1S/C12H19Cl/c1-12(2)7-10(6-11(13)8-12)9-4-3-5-9/h6,9,11H,3-5,7-8H2,1-2H3. The van der Waals surface area contributed by atoms with Crippen LogP contribution in [0.2, 0.25) is 0 Å². The summed E-state index contributed by atoms with van der Waals surface area (Å²) in [5.41, 5.74) is 2.09. The molecule has 13 heavy (non-hydrogen) atoms. The maximum Gasteiger partial charge on any atom is 0.0523 e. The fraction of sp³-hybridized carbons (Fsp3) is 0.833. The maximum absolute atomic E-state index is 6.24. The molecule has 0 spiro atoms. The Bertz CT molecular complexity index is 223. The van der Waals surface area contributed by atoms with E-state index in [-0.39, 0.29) is 0 Å². The Kier molecular flexibility index (Phi) is 2.44. The van der Waals surface area contributed by atoms with Gasteiger partial charge in [-0.15, -0.1) is 11.6 Å². The first-order valence-corrected chi connectivity index (χ1v) is 5.85. The fourth-order valence-electron chi connectivity index (χ4n) is 2.56. The molecule has 2 aliphatic carbocycles. The minimum atomic E-state index is 0.291. The highest BCUT2D eigenvalue weighted by molar-refractivity contribution is 6.21. The third-order valence-electron chi connectivity index (χ3n) is 3.45. The van der Waals surface area contributed by atoms with Crippen LogP contribution in [0, 0.1) is 11.3 Å². The van der Waals surface area contributed by atoms with E-state index in [0.29, 0.717) is 10.8 Å². The third-order valence-corrected chi connectivity index (χ3v) is 3.74. The number of rotatable bonds is 1. The Morgan fingerprint density at radius 1 is 1.38 bits per heavy atom. The SMILES string of the molecule is CC1(C)CC(C2CCC2)=CC(Cl)C1. The highest BCUT2D eigenvalue weighted by Crippen LogP contribution is 2.44. The molecular weight excluding hydrogens is 180 g/mol. The predicted octanol–water partition coefficient (Wildman–Crippen LogP) is 4.14. The van der Waals surface area contributed by atoms with Crippen LogP contribution in [0.25, 0.3) is 0 Å². The Morgan fingerprint density at radius 2 is 2.08 bits per heavy atom. The third kappa shape index (κ3) is 2.10. The van der Waals surface area contributed by atoms with Crippen molar-refractivity contribution in [1.29, 1.82) is 0 Å². The number of hydrogen-bond acceptors (Lipinski definition) is 0. The van der Waals surface area contributed by atoms with Crippen LogP contribution in [0.1, 0.15) is 46.0 Å². The van der Waals surface area contributed by atoms with Crippen LogP contribution in [0.5, 0.6) is 0 Å². The van der Waals surface area contributed by atoms with Crippen LogP contribution in [0.4, 0.5) is 0 Å². The van der Waals surface area contributed by atoms with Gasteiger partial charge >= 0.3 is 0 Å². The molecule has 1 atom stereocenters. The Hall–Kier alpha value is 0.0300. The van der Waals surface area contributed by atoms with Gasteiger partial charge in [0, 0.05) is 0 Å². The lowest BCUT2D eigenvalue weighted by molar-refractivity contribution is 0.273. The Morgan fingerprint density at radius 3 is 2.54 bits per heavy atom. The molecule has 0 aromatic rings. The molecule has 1 saturated carbocycles. The summed E-state index contributed by atoms with van der Waals surface area (Å²) in [5.74, 6) is 0.890. The molecule has 0 heterocycles. The van der Waals surface area contributed by atoms with Crippen molar-refractivity contribution in [3.05, 3.63) is 11.6 Å². The van der Waals surface area contributed by atoms with Crippen molar-refractivity contribution in [2.75, 3.05) is 0 Å². The average molecular weight is 199 g/mol. The Labute approximate surface area is 86.4 Å². The number of allylic oxidation sites excluding steroid dienone is 2. The molecular formula is C12H19Cl. The summed E-state index contributed by atoms with van der Waals surface area (Å²) in [7, 11) is 0. The zero-order valence-electron chi connectivity index (χ0n) is 8.65. The molecule has 0 aliphatic heterocycles. The number of hydrogen-bond donors (Lipinski definition) is 0. The monoisotopic (exact) mass is 198 g/mol. The number of halogens is 1. The van der Waals surface area contributed by atoms with Crippen LogP contribution < -0.4 is 0 Å². The molecule has 1 fully saturated rings. The van der Waals surface area contributed by atoms with Gasteiger partial charge in [0.1, 0.15) is 0 Å². The van der Waals surface area contributed by atoms with E-state index in [0.717, 1.165) is 12.3 Å². The molecule has 2 rings (SSSR count). The van der Waals surface area contributed by atoms with Gasteiger partial charge in [-0.25, -0.2) is 0 Å². The van der Waals surface area contributed by atoms with E-state index >= 15 is 0 Å². The molecule has 0 N–H and O–H groups in total. The summed E-state index contributed by atoms with van der Waals surface area (Å²) >= 11 is 6.24. The quantitative estimate of drug-likeness (QED) is 0.439. The van der Waals surface area contributed by atoms with E-state index in [4.69, 9.17) is 11.6 Å². The molecule has 0 bridgehead atoms. The highest BCUT2D eigenvalue weighted by Gasteiger charge is 2.32. The summed E-state index contributed by atoms with van der Waals surface area (Å²) in [6.07, 6.45) is 8.99. The van der Waals surface area contributed by atoms with Crippen molar-refractivity contribution in [2.45, 2.75) is 51.3 Å². The molecule has 1 unspecified atom stereocenters. The van der Waals surface area contributed by atoms with Gasteiger partial charge in [-0.2, -0.15) is 0 Å². The molecule has 1 heteroatoms. The van der Waals surface area contributed by atoms with E-state index in [1.807, 2.05) is 0 Å². The van der Waals surface area contributed by atoms with E-state index in [1.54, 1.807) is 5.57 Å². The van der Waals surface area contributed by atoms with E-state index < -0.39 is 0 Å². The highest BCUT2D eigenvalue weighted by atomic mass is 35.5. The first kappa shape index (κ1) is 9.58. The minimum absolute atomic E-state index is 0.291. The van der Waals surface area contributed by atoms with Crippen molar-refractivity contribution >= 4 is 11.6 Å². The maximum atomic E-state index is 6.24. The lowest BCUT2D eigenvalue weighted by Gasteiger charge is -2.38. The van der Waals surface area contributed by atoms with Crippen molar-refractivity contribution in [3.8, 4) is 0 Å². The van der Waals surface area contributed by atoms with E-state index in [2.05, 4.69) is 19.9 Å². The summed E-state index contributed by atoms with van der Waals surface area (Å²) < 4.78 is 0. The molecule has 0 aromatic heterocycles. The smallest absolute Gasteiger partial charge is 0.0523 e. The second-order valence-electron chi connectivity index (χ2n) is 5.43. The van der Waals surface area contributed by atoms with Crippen molar-refractivity contribution < 1.29 is 0 Å². The van der Waals surface area contributed by atoms with Crippen molar-refractivity contribution in [3.63, 3.8) is 0 Å². The van der Waals surface area contributed by atoms with Gasteiger partial charge in [0.15, 0.2) is 0 Å². The molecule has 0 aromatic carbocycles. The van der Waals surface area contributed by atoms with Crippen LogP contribution in [-0.2, 0) is 0 Å². The fourth-order valence-corrected chi connectivity index (χ4v) is 3.14. The second-order valence-corrected chi connectivity index (χ2v) is 5.99. The van der Waals surface area contributed by atoms with Crippen molar-refractivity contribution in [2.24, 2.45) is 11.3 Å². The van der Waals surface area contributed by atoms with Gasteiger partial charge in [-0.1, -0.05) is 31.9 Å². The first-order chi connectivity index (χ1) is 6.07. The molecule has 0 radical (unpaired) electrons. The van der Waals surface area contributed by atoms with E-state index in [1.165, 1.54) is 25.7 Å². The van der Waals surface area contributed by atoms with Gasteiger partial charge in [-0.05, 0) is 37.0 Å². The summed E-state index contributed by atoms with van der Waals surface area (Å²) in [5, 5.41) is 0.291. The van der Waals surface area contributed by atoms with Gasteiger partial charge in [-0.3, -0.25) is 0 Å². The molecule has 74 valence electrons. The largest absolute Gasteiger partial charge is 0.118 e. The van der Waals surface area contributed by atoms with Gasteiger partial charge in [0.25, 0.3) is 0 Å². The van der Waals surface area contributed by atoms with Crippen LogP contribution in [-0.4, -0.2) is 5.38 Å². The first-order valence-electron chi connectivity index (χ1n) is 5.41.